The van der Waals surface area contributed by atoms with Crippen molar-refractivity contribution in [2.24, 2.45) is 16.3 Å². The predicted octanol–water partition coefficient (Wildman–Crippen LogP) is 1.28. The summed E-state index contributed by atoms with van der Waals surface area (Å²) in [6.45, 7) is 7.53. The van der Waals surface area contributed by atoms with E-state index in [1.807, 2.05) is 0 Å². The van der Waals surface area contributed by atoms with E-state index < -0.39 is 9.84 Å². The number of rotatable bonds is 4. The van der Waals surface area contributed by atoms with Gasteiger partial charge < -0.3 is 15.0 Å². The highest BCUT2D eigenvalue weighted by molar-refractivity contribution is 7.91. The number of nitrogens with one attached hydrogen (secondary N) is 1. The quantitative estimate of drug-likeness (QED) is 0.606. The second-order valence-electron chi connectivity index (χ2n) is 7.64. The Bertz CT molecular complexity index is 555. The minimum absolute atomic E-state index is 0.188. The number of aliphatic imine (C=N–C) groups is 1. The third-order valence-electron chi connectivity index (χ3n) is 5.65. The van der Waals surface area contributed by atoms with Crippen LogP contribution in [0.2, 0.25) is 0 Å². The van der Waals surface area contributed by atoms with E-state index in [0.717, 1.165) is 64.5 Å². The maximum absolute atomic E-state index is 11.6. The Labute approximate surface area is 146 Å². The number of guanidine groups is 1. The Balaban J connectivity index is 1.62. The fourth-order valence-corrected chi connectivity index (χ4v) is 5.91. The van der Waals surface area contributed by atoms with E-state index in [-0.39, 0.29) is 5.92 Å². The van der Waals surface area contributed by atoms with Crippen molar-refractivity contribution in [2.75, 3.05) is 50.9 Å². The molecule has 0 radical (unpaired) electrons. The second kappa shape index (κ2) is 7.60. The van der Waals surface area contributed by atoms with E-state index in [9.17, 15) is 8.42 Å². The molecule has 0 aromatic carbocycles. The zero-order valence-electron chi connectivity index (χ0n) is 14.8. The monoisotopic (exact) mass is 357 g/mol. The van der Waals surface area contributed by atoms with Gasteiger partial charge in [0.1, 0.15) is 0 Å². The molecule has 24 heavy (non-hydrogen) atoms. The molecule has 3 heterocycles. The second-order valence-corrected chi connectivity index (χ2v) is 9.87. The molecule has 0 bridgehead atoms. The van der Waals surface area contributed by atoms with Crippen LogP contribution in [0.4, 0.5) is 0 Å². The number of ether oxygens (including phenoxy) is 1. The van der Waals surface area contributed by atoms with Gasteiger partial charge in [0.25, 0.3) is 0 Å². The molecule has 1 atom stereocenters. The Kier molecular flexibility index (Phi) is 5.70. The van der Waals surface area contributed by atoms with Crippen LogP contribution in [0.1, 0.15) is 39.0 Å². The molecule has 0 amide bonds. The van der Waals surface area contributed by atoms with Crippen LogP contribution >= 0.6 is 0 Å². The molecular weight excluding hydrogens is 326 g/mol. The van der Waals surface area contributed by atoms with E-state index in [2.05, 4.69) is 17.1 Å². The van der Waals surface area contributed by atoms with Crippen LogP contribution in [0.3, 0.4) is 0 Å². The standard InChI is InChI=1S/C17H31N3O3S/c1-2-7-18-16(19-12-15-3-11-24(21,22)13-15)20-8-4-17(14-20)5-9-23-10-6-17/h15H,2-14H2,1H3,(H,18,19). The molecule has 3 aliphatic heterocycles. The highest BCUT2D eigenvalue weighted by Gasteiger charge is 2.40. The van der Waals surface area contributed by atoms with Crippen molar-refractivity contribution in [2.45, 2.75) is 39.0 Å². The van der Waals surface area contributed by atoms with Crippen molar-refractivity contribution in [3.8, 4) is 0 Å². The summed E-state index contributed by atoms with van der Waals surface area (Å²) in [5, 5.41) is 3.47. The van der Waals surface area contributed by atoms with Gasteiger partial charge in [-0.2, -0.15) is 0 Å². The van der Waals surface area contributed by atoms with Crippen LogP contribution in [0.15, 0.2) is 4.99 Å². The minimum atomic E-state index is -2.82. The van der Waals surface area contributed by atoms with Crippen molar-refractivity contribution in [1.82, 2.24) is 10.2 Å². The molecule has 3 aliphatic rings. The molecular formula is C17H31N3O3S. The highest BCUT2D eigenvalue weighted by atomic mass is 32.2. The Morgan fingerprint density at radius 3 is 2.79 bits per heavy atom. The third kappa shape index (κ3) is 4.42. The summed E-state index contributed by atoms with van der Waals surface area (Å²) >= 11 is 0. The van der Waals surface area contributed by atoms with Gasteiger partial charge in [0.2, 0.25) is 0 Å². The van der Waals surface area contributed by atoms with Crippen molar-refractivity contribution in [3.05, 3.63) is 0 Å². The van der Waals surface area contributed by atoms with Gasteiger partial charge in [-0.3, -0.25) is 4.99 Å². The van der Waals surface area contributed by atoms with Gasteiger partial charge in [0.05, 0.1) is 11.5 Å². The molecule has 6 nitrogen and oxygen atoms in total. The molecule has 3 fully saturated rings. The predicted molar refractivity (Wildman–Crippen MR) is 96.0 cm³/mol. The maximum Gasteiger partial charge on any atom is 0.193 e. The first-order valence-corrected chi connectivity index (χ1v) is 11.2. The van der Waals surface area contributed by atoms with Crippen molar-refractivity contribution < 1.29 is 13.2 Å². The summed E-state index contributed by atoms with van der Waals surface area (Å²) in [6, 6.07) is 0. The van der Waals surface area contributed by atoms with Crippen molar-refractivity contribution in [1.29, 1.82) is 0 Å². The van der Waals surface area contributed by atoms with Crippen LogP contribution < -0.4 is 5.32 Å². The zero-order valence-corrected chi connectivity index (χ0v) is 15.6. The van der Waals surface area contributed by atoms with Gasteiger partial charge in [-0.25, -0.2) is 8.42 Å². The van der Waals surface area contributed by atoms with Crippen LogP contribution in [-0.2, 0) is 14.6 Å². The summed E-state index contributed by atoms with van der Waals surface area (Å²) < 4.78 is 28.8. The van der Waals surface area contributed by atoms with Crippen molar-refractivity contribution in [3.63, 3.8) is 0 Å². The maximum atomic E-state index is 11.6. The summed E-state index contributed by atoms with van der Waals surface area (Å²) in [5.41, 5.74) is 0.392. The Morgan fingerprint density at radius 2 is 2.12 bits per heavy atom. The number of sulfone groups is 1. The fraction of sp³-hybridized carbons (Fsp3) is 0.941. The van der Waals surface area contributed by atoms with E-state index in [0.29, 0.717) is 23.5 Å². The average molecular weight is 358 g/mol. The summed E-state index contributed by atoms with van der Waals surface area (Å²) in [6.07, 6.45) is 5.32. The number of hydrogen-bond donors (Lipinski definition) is 1. The molecule has 1 N–H and O–H groups in total. The third-order valence-corrected chi connectivity index (χ3v) is 7.49. The van der Waals surface area contributed by atoms with Gasteiger partial charge in [0.15, 0.2) is 15.8 Å². The molecule has 138 valence electrons. The lowest BCUT2D eigenvalue weighted by atomic mass is 9.80. The highest BCUT2D eigenvalue weighted by Crippen LogP contribution is 2.39. The first-order valence-electron chi connectivity index (χ1n) is 9.33. The molecule has 7 heteroatoms. The fourth-order valence-electron chi connectivity index (χ4n) is 4.06. The van der Waals surface area contributed by atoms with E-state index >= 15 is 0 Å². The smallest absolute Gasteiger partial charge is 0.193 e. The SMILES string of the molecule is CCCNC(=NCC1CCS(=O)(=O)C1)N1CCC2(CCOCC2)C1. The lowest BCUT2D eigenvalue weighted by molar-refractivity contribution is 0.0217. The molecule has 3 saturated heterocycles. The lowest BCUT2D eigenvalue weighted by Gasteiger charge is -2.33. The molecule has 3 rings (SSSR count). The summed E-state index contributed by atoms with van der Waals surface area (Å²) in [5.74, 6) is 1.80. The first kappa shape index (κ1) is 18.0. The normalized spacial score (nSPS) is 29.3. The molecule has 0 aromatic heterocycles. The van der Waals surface area contributed by atoms with E-state index in [1.54, 1.807) is 0 Å². The van der Waals surface area contributed by atoms with Gasteiger partial charge in [-0.1, -0.05) is 6.92 Å². The van der Waals surface area contributed by atoms with Gasteiger partial charge in [0, 0.05) is 39.4 Å². The van der Waals surface area contributed by atoms with Crippen molar-refractivity contribution >= 4 is 15.8 Å². The van der Waals surface area contributed by atoms with Crippen LogP contribution in [0.5, 0.6) is 0 Å². The van der Waals surface area contributed by atoms with Crippen LogP contribution in [0.25, 0.3) is 0 Å². The number of likely N-dealkylation sites (tertiary alicyclic amines) is 1. The minimum Gasteiger partial charge on any atom is -0.381 e. The number of hydrogen-bond acceptors (Lipinski definition) is 4. The summed E-state index contributed by atoms with van der Waals surface area (Å²) in [7, 11) is -2.82. The van der Waals surface area contributed by atoms with Gasteiger partial charge in [-0.05, 0) is 43.4 Å². The zero-order chi connectivity index (χ0) is 17.0. The first-order chi connectivity index (χ1) is 11.5. The Morgan fingerprint density at radius 1 is 1.33 bits per heavy atom. The van der Waals surface area contributed by atoms with E-state index in [1.165, 1.54) is 6.42 Å². The number of nitrogens with zero attached hydrogens (tertiary/aromatic N) is 2. The van der Waals surface area contributed by atoms with Crippen LogP contribution in [0, 0.1) is 11.3 Å². The average Bonchev–Trinajstić information content (AvgIpc) is 3.12. The lowest BCUT2D eigenvalue weighted by Crippen LogP contribution is -2.43. The van der Waals surface area contributed by atoms with Crippen LogP contribution in [-0.4, -0.2) is 70.2 Å². The summed E-state index contributed by atoms with van der Waals surface area (Å²) in [4.78, 5) is 7.18. The Hall–Kier alpha value is -0.820. The van der Waals surface area contributed by atoms with Gasteiger partial charge in [-0.15, -0.1) is 0 Å². The molecule has 1 unspecified atom stereocenters. The molecule has 1 spiro atoms. The largest absolute Gasteiger partial charge is 0.381 e. The molecule has 0 aromatic rings. The topological polar surface area (TPSA) is 71.0 Å². The molecule has 0 aliphatic carbocycles. The molecule has 0 saturated carbocycles. The van der Waals surface area contributed by atoms with Gasteiger partial charge >= 0.3 is 0 Å². The van der Waals surface area contributed by atoms with E-state index in [4.69, 9.17) is 9.73 Å².